The molecular formula is C20H21NO4S. The molecule has 0 saturated heterocycles. The average molecular weight is 371 g/mol. The van der Waals surface area contributed by atoms with Crippen molar-refractivity contribution in [2.24, 2.45) is 5.73 Å². The second kappa shape index (κ2) is 7.51. The summed E-state index contributed by atoms with van der Waals surface area (Å²) in [7, 11) is 0. The summed E-state index contributed by atoms with van der Waals surface area (Å²) in [5, 5.41) is 9.36. The van der Waals surface area contributed by atoms with Gasteiger partial charge >= 0.3 is 11.9 Å². The minimum absolute atomic E-state index is 0.0154. The maximum Gasteiger partial charge on any atom is 0.338 e. The SMILES string of the molecule is CSCC[C@](N)(C(=O)O)C(=O)OCc1cccc2c1Cc1ccccc1-2. The standard InChI is InChI=1S/C20H21NO4S/c1-26-10-9-20(21,18(22)23)19(24)25-12-14-6-4-8-16-15-7-3-2-5-13(15)11-17(14)16/h2-8H,9-12,21H2,1H3,(H,22,23)/t20-/m0/s1. The highest BCUT2D eigenvalue weighted by molar-refractivity contribution is 7.98. The third-order valence-electron chi connectivity index (χ3n) is 4.75. The monoisotopic (exact) mass is 371 g/mol. The number of nitrogens with two attached hydrogens (primary N) is 1. The lowest BCUT2D eigenvalue weighted by Crippen LogP contribution is -2.56. The Morgan fingerprint density at radius 2 is 1.92 bits per heavy atom. The fourth-order valence-electron chi connectivity index (χ4n) is 3.19. The summed E-state index contributed by atoms with van der Waals surface area (Å²) in [5.41, 5.74) is 9.37. The van der Waals surface area contributed by atoms with E-state index in [1.807, 2.05) is 30.5 Å². The van der Waals surface area contributed by atoms with Crippen molar-refractivity contribution < 1.29 is 19.4 Å². The van der Waals surface area contributed by atoms with Crippen molar-refractivity contribution in [3.8, 4) is 11.1 Å². The highest BCUT2D eigenvalue weighted by atomic mass is 32.2. The van der Waals surface area contributed by atoms with Crippen LogP contribution in [0.3, 0.4) is 0 Å². The molecule has 0 spiro atoms. The van der Waals surface area contributed by atoms with Crippen molar-refractivity contribution in [3.05, 3.63) is 59.2 Å². The van der Waals surface area contributed by atoms with Crippen molar-refractivity contribution in [2.45, 2.75) is 25.0 Å². The topological polar surface area (TPSA) is 89.6 Å². The maximum atomic E-state index is 12.4. The number of carboxylic acids is 1. The average Bonchev–Trinajstić information content (AvgIpc) is 3.03. The lowest BCUT2D eigenvalue weighted by Gasteiger charge is -2.22. The zero-order chi connectivity index (χ0) is 18.7. The fraction of sp³-hybridized carbons (Fsp3) is 0.300. The quantitative estimate of drug-likeness (QED) is 0.490. The van der Waals surface area contributed by atoms with Crippen molar-refractivity contribution in [3.63, 3.8) is 0 Å². The Kier molecular flexibility index (Phi) is 5.34. The molecular weight excluding hydrogens is 350 g/mol. The molecule has 3 rings (SSSR count). The molecule has 0 amide bonds. The van der Waals surface area contributed by atoms with Gasteiger partial charge in [0.2, 0.25) is 5.54 Å². The molecule has 136 valence electrons. The first-order chi connectivity index (χ1) is 12.5. The number of carboxylic acid groups (broad SMARTS) is 1. The first-order valence-electron chi connectivity index (χ1n) is 8.35. The zero-order valence-electron chi connectivity index (χ0n) is 14.5. The zero-order valence-corrected chi connectivity index (χ0v) is 15.3. The second-order valence-electron chi connectivity index (χ2n) is 6.37. The van der Waals surface area contributed by atoms with Crippen LogP contribution in [-0.2, 0) is 27.4 Å². The van der Waals surface area contributed by atoms with Crippen LogP contribution < -0.4 is 5.73 Å². The summed E-state index contributed by atoms with van der Waals surface area (Å²) in [6.45, 7) is 0.0154. The summed E-state index contributed by atoms with van der Waals surface area (Å²) in [6.07, 6.45) is 2.64. The molecule has 3 N–H and O–H groups in total. The number of esters is 1. The molecule has 0 radical (unpaired) electrons. The Balaban J connectivity index is 1.77. The van der Waals surface area contributed by atoms with Gasteiger partial charge in [0.05, 0.1) is 0 Å². The maximum absolute atomic E-state index is 12.4. The van der Waals surface area contributed by atoms with Gasteiger partial charge in [0.15, 0.2) is 0 Å². The predicted octanol–water partition coefficient (Wildman–Crippen LogP) is 2.84. The number of hydrogen-bond donors (Lipinski definition) is 2. The smallest absolute Gasteiger partial charge is 0.338 e. The van der Waals surface area contributed by atoms with Crippen molar-refractivity contribution in [1.82, 2.24) is 0 Å². The van der Waals surface area contributed by atoms with Gasteiger partial charge in [-0.25, -0.2) is 9.59 Å². The molecule has 1 atom stereocenters. The summed E-state index contributed by atoms with van der Waals surface area (Å²) >= 11 is 1.44. The molecule has 0 unspecified atom stereocenters. The lowest BCUT2D eigenvalue weighted by molar-refractivity contribution is -0.162. The minimum atomic E-state index is -2.01. The van der Waals surface area contributed by atoms with E-state index < -0.39 is 17.5 Å². The molecule has 1 aliphatic rings. The number of ether oxygens (including phenoxy) is 1. The van der Waals surface area contributed by atoms with E-state index in [0.29, 0.717) is 5.75 Å². The Hall–Kier alpha value is -2.31. The van der Waals surface area contributed by atoms with Gasteiger partial charge in [-0.3, -0.25) is 0 Å². The van der Waals surface area contributed by atoms with Gasteiger partial charge in [0, 0.05) is 0 Å². The van der Waals surface area contributed by atoms with Crippen LogP contribution in [0.1, 0.15) is 23.1 Å². The predicted molar refractivity (Wildman–Crippen MR) is 102 cm³/mol. The van der Waals surface area contributed by atoms with Crippen LogP contribution in [0.4, 0.5) is 0 Å². The van der Waals surface area contributed by atoms with Crippen molar-refractivity contribution >= 4 is 23.7 Å². The Labute approximate surface area is 156 Å². The van der Waals surface area contributed by atoms with Crippen LogP contribution >= 0.6 is 11.8 Å². The third kappa shape index (κ3) is 3.34. The van der Waals surface area contributed by atoms with Crippen molar-refractivity contribution in [2.75, 3.05) is 12.0 Å². The molecule has 0 fully saturated rings. The van der Waals surface area contributed by atoms with Crippen molar-refractivity contribution in [1.29, 1.82) is 0 Å². The van der Waals surface area contributed by atoms with Crippen LogP contribution in [0.15, 0.2) is 42.5 Å². The summed E-state index contributed by atoms with van der Waals surface area (Å²) in [5.74, 6) is -1.79. The van der Waals surface area contributed by atoms with Crippen LogP contribution in [0.2, 0.25) is 0 Å². The molecule has 1 aliphatic carbocycles. The van der Waals surface area contributed by atoms with Gasteiger partial charge in [-0.1, -0.05) is 42.5 Å². The van der Waals surface area contributed by atoms with Crippen LogP contribution in [0, 0.1) is 0 Å². The molecule has 0 heterocycles. The molecule has 0 aromatic heterocycles. The lowest BCUT2D eigenvalue weighted by atomic mass is 9.98. The number of carbonyl (C=O) groups excluding carboxylic acids is 1. The summed E-state index contributed by atoms with van der Waals surface area (Å²) in [6, 6.07) is 14.0. The van der Waals surface area contributed by atoms with Gasteiger partial charge in [-0.05, 0) is 52.7 Å². The molecule has 0 bridgehead atoms. The van der Waals surface area contributed by atoms with E-state index in [1.165, 1.54) is 22.9 Å². The molecule has 6 heteroatoms. The van der Waals surface area contributed by atoms with E-state index in [1.54, 1.807) is 0 Å². The molecule has 5 nitrogen and oxygen atoms in total. The number of hydrogen-bond acceptors (Lipinski definition) is 5. The van der Waals surface area contributed by atoms with E-state index in [9.17, 15) is 14.7 Å². The fourth-order valence-corrected chi connectivity index (χ4v) is 3.72. The molecule has 0 saturated carbocycles. The first kappa shape index (κ1) is 18.5. The summed E-state index contributed by atoms with van der Waals surface area (Å²) < 4.78 is 5.32. The van der Waals surface area contributed by atoms with Gasteiger partial charge < -0.3 is 15.6 Å². The molecule has 2 aromatic rings. The van der Waals surface area contributed by atoms with E-state index in [2.05, 4.69) is 18.2 Å². The van der Waals surface area contributed by atoms with E-state index >= 15 is 0 Å². The van der Waals surface area contributed by atoms with Crippen LogP contribution in [0.25, 0.3) is 11.1 Å². The van der Waals surface area contributed by atoms with Crippen LogP contribution in [0.5, 0.6) is 0 Å². The highest BCUT2D eigenvalue weighted by Gasteiger charge is 2.43. The highest BCUT2D eigenvalue weighted by Crippen LogP contribution is 2.38. The van der Waals surface area contributed by atoms with Crippen LogP contribution in [-0.4, -0.2) is 34.6 Å². The summed E-state index contributed by atoms with van der Waals surface area (Å²) in [4.78, 5) is 23.8. The third-order valence-corrected chi connectivity index (χ3v) is 5.37. The first-order valence-corrected chi connectivity index (χ1v) is 9.74. The molecule has 2 aromatic carbocycles. The Bertz CT molecular complexity index is 851. The van der Waals surface area contributed by atoms with E-state index in [-0.39, 0.29) is 13.0 Å². The number of benzene rings is 2. The van der Waals surface area contributed by atoms with Gasteiger partial charge in [-0.2, -0.15) is 11.8 Å². The molecule has 0 aliphatic heterocycles. The number of fused-ring (bicyclic) bond motifs is 3. The number of carbonyl (C=O) groups is 2. The normalized spacial score (nSPS) is 14.2. The van der Waals surface area contributed by atoms with E-state index in [0.717, 1.165) is 23.1 Å². The largest absolute Gasteiger partial charge is 0.479 e. The molecule has 26 heavy (non-hydrogen) atoms. The number of aliphatic carboxylic acids is 1. The number of rotatable bonds is 7. The number of thioether (sulfide) groups is 1. The van der Waals surface area contributed by atoms with Gasteiger partial charge in [0.1, 0.15) is 6.61 Å². The minimum Gasteiger partial charge on any atom is -0.479 e. The van der Waals surface area contributed by atoms with Gasteiger partial charge in [-0.15, -0.1) is 0 Å². The second-order valence-corrected chi connectivity index (χ2v) is 7.36. The Morgan fingerprint density at radius 1 is 1.19 bits per heavy atom. The Morgan fingerprint density at radius 3 is 2.65 bits per heavy atom. The van der Waals surface area contributed by atoms with E-state index in [4.69, 9.17) is 10.5 Å². The van der Waals surface area contributed by atoms with Gasteiger partial charge in [0.25, 0.3) is 0 Å².